The zero-order chi connectivity index (χ0) is 19.3. The second kappa shape index (κ2) is 25.9. The first kappa shape index (κ1) is 32.3. The van der Waals surface area contributed by atoms with Crippen LogP contribution in [-0.2, 0) is 4.79 Å². The molecule has 0 rings (SSSR count). The lowest BCUT2D eigenvalue weighted by Crippen LogP contribution is -2.10. The minimum Gasteiger partial charge on any atom is -0.391 e. The highest BCUT2D eigenvalue weighted by Gasteiger charge is 1.98. The van der Waals surface area contributed by atoms with E-state index in [1.54, 1.807) is 20.8 Å². The van der Waals surface area contributed by atoms with Crippen molar-refractivity contribution in [2.24, 2.45) is 0 Å². The molecule has 0 aliphatic rings. The van der Waals surface area contributed by atoms with E-state index in [4.69, 9.17) is 5.11 Å². The lowest BCUT2D eigenvalue weighted by atomic mass is 10.1. The predicted molar refractivity (Wildman–Crippen MR) is 116 cm³/mol. The number of carbonyl (C=O) groups excluding carboxylic acids is 1. The highest BCUT2D eigenvalue weighted by Crippen LogP contribution is 2.12. The molecule has 0 saturated heterocycles. The molecule has 0 aromatic rings. The van der Waals surface area contributed by atoms with E-state index < -0.39 is 5.60 Å². The van der Waals surface area contributed by atoms with E-state index in [1.165, 1.54) is 97.3 Å². The summed E-state index contributed by atoms with van der Waals surface area (Å²) in [5.74, 6) is 0.167. The molecule has 2 heteroatoms. The molecule has 0 amide bonds. The number of Topliss-reactive ketones (excluding diaryl/α,β-unsaturated/α-hetero) is 1. The van der Waals surface area contributed by atoms with Crippen molar-refractivity contribution in [1.82, 2.24) is 0 Å². The number of hydrogen-bond acceptors (Lipinski definition) is 2. The van der Waals surface area contributed by atoms with Gasteiger partial charge in [0.2, 0.25) is 0 Å². The van der Waals surface area contributed by atoms with Crippen LogP contribution in [0, 0.1) is 0 Å². The fraction of sp³-hybridized carbons (Fsp3) is 0.957. The summed E-state index contributed by atoms with van der Waals surface area (Å²) in [6.07, 6.45) is 18.9. The van der Waals surface area contributed by atoms with Gasteiger partial charge in [0.1, 0.15) is 5.78 Å². The smallest absolute Gasteiger partial charge is 0.126 e. The maximum Gasteiger partial charge on any atom is 0.126 e. The van der Waals surface area contributed by atoms with E-state index in [9.17, 15) is 4.79 Å². The molecule has 0 aliphatic heterocycles. The Labute approximate surface area is 161 Å². The van der Waals surface area contributed by atoms with Crippen molar-refractivity contribution < 1.29 is 9.90 Å². The zero-order valence-electron chi connectivity index (χ0n) is 18.0. The second-order valence-corrected chi connectivity index (χ2v) is 7.97. The zero-order valence-corrected chi connectivity index (χ0v) is 18.0. The lowest BCUT2D eigenvalue weighted by Gasteiger charge is -2.04. The van der Waals surface area contributed by atoms with Crippen LogP contribution in [0.5, 0.6) is 0 Å². The molecule has 0 bridgehead atoms. The highest BCUT2D eigenvalue weighted by atomic mass is 16.3. The van der Waals surface area contributed by atoms with E-state index >= 15 is 0 Å². The summed E-state index contributed by atoms with van der Waals surface area (Å²) in [5, 5.41) is 8.52. The number of hydrogen-bond donors (Lipinski definition) is 1. The summed E-state index contributed by atoms with van der Waals surface area (Å²) in [6.45, 7) is 12.9. The predicted octanol–water partition coefficient (Wildman–Crippen LogP) is 8.11. The molecule has 1 N–H and O–H groups in total. The van der Waals surface area contributed by atoms with Crippen LogP contribution in [0.15, 0.2) is 0 Å². The average molecular weight is 361 g/mol. The topological polar surface area (TPSA) is 37.3 Å². The molecule has 2 nitrogen and oxygen atoms in total. The first-order valence-corrected chi connectivity index (χ1v) is 10.3. The Morgan fingerprint density at radius 1 is 0.640 bits per heavy atom. The molecule has 0 aliphatic carbocycles. The number of carbonyl (C=O) groups is 1. The van der Waals surface area contributed by atoms with Gasteiger partial charge in [-0.2, -0.15) is 0 Å². The van der Waals surface area contributed by atoms with Gasteiger partial charge in [-0.05, 0) is 34.6 Å². The van der Waals surface area contributed by atoms with E-state index in [0.717, 1.165) is 0 Å². The van der Waals surface area contributed by atoms with E-state index in [2.05, 4.69) is 13.8 Å². The summed E-state index contributed by atoms with van der Waals surface area (Å²) in [4.78, 5) is 9.44. The van der Waals surface area contributed by atoms with Crippen molar-refractivity contribution in [3.8, 4) is 0 Å². The van der Waals surface area contributed by atoms with Gasteiger partial charge < -0.3 is 9.90 Å². The molecule has 0 spiro atoms. The third kappa shape index (κ3) is 81.7. The number of rotatable bonds is 12. The van der Waals surface area contributed by atoms with Gasteiger partial charge in [0.15, 0.2) is 0 Å². The maximum atomic E-state index is 9.44. The van der Waals surface area contributed by atoms with Crippen molar-refractivity contribution in [2.45, 2.75) is 145 Å². The molecule has 156 valence electrons. The molecule has 0 fully saturated rings. The summed E-state index contributed by atoms with van der Waals surface area (Å²) in [6, 6.07) is 0. The molecule has 25 heavy (non-hydrogen) atoms. The van der Waals surface area contributed by atoms with Gasteiger partial charge in [-0.25, -0.2) is 0 Å². The summed E-state index contributed by atoms with van der Waals surface area (Å²) < 4.78 is 0. The van der Waals surface area contributed by atoms with Crippen LogP contribution in [0.1, 0.15) is 139 Å². The van der Waals surface area contributed by atoms with Crippen LogP contribution < -0.4 is 0 Å². The first-order chi connectivity index (χ1) is 11.1. The largest absolute Gasteiger partial charge is 0.391 e. The van der Waals surface area contributed by atoms with Gasteiger partial charge >= 0.3 is 0 Å². The van der Waals surface area contributed by atoms with Crippen LogP contribution >= 0.6 is 0 Å². The van der Waals surface area contributed by atoms with Crippen LogP contribution in [0.25, 0.3) is 0 Å². The Kier molecular flexibility index (Phi) is 33.4. The molecule has 0 atom stereocenters. The van der Waals surface area contributed by atoms with Gasteiger partial charge in [-0.3, -0.25) is 0 Å². The SMILES string of the molecule is C.CC(C)(C)O.CC(C)=O.CCCCCCCCCCCCCCC. The minimum atomic E-state index is -0.500. The van der Waals surface area contributed by atoms with Crippen molar-refractivity contribution in [1.29, 1.82) is 0 Å². The van der Waals surface area contributed by atoms with Crippen molar-refractivity contribution in [3.63, 3.8) is 0 Å². The fourth-order valence-corrected chi connectivity index (χ4v) is 2.09. The molecular formula is C23H52O2. The van der Waals surface area contributed by atoms with E-state index in [0.29, 0.717) is 0 Å². The molecule has 0 aromatic carbocycles. The Morgan fingerprint density at radius 2 is 0.760 bits per heavy atom. The number of aliphatic hydroxyl groups is 1. The molecular weight excluding hydrogens is 308 g/mol. The van der Waals surface area contributed by atoms with Crippen LogP contribution in [0.3, 0.4) is 0 Å². The van der Waals surface area contributed by atoms with Gasteiger partial charge in [-0.1, -0.05) is 105 Å². The quantitative estimate of drug-likeness (QED) is 0.357. The number of ketones is 1. The minimum absolute atomic E-state index is 0. The Balaban J connectivity index is -0.000000183. The summed E-state index contributed by atoms with van der Waals surface area (Å²) >= 11 is 0. The molecule has 0 saturated carbocycles. The molecule has 0 aromatic heterocycles. The highest BCUT2D eigenvalue weighted by molar-refractivity contribution is 5.72. The normalized spacial score (nSPS) is 9.92. The van der Waals surface area contributed by atoms with Crippen molar-refractivity contribution in [2.75, 3.05) is 0 Å². The van der Waals surface area contributed by atoms with Gasteiger partial charge in [-0.15, -0.1) is 0 Å². The maximum absolute atomic E-state index is 9.44. The van der Waals surface area contributed by atoms with Crippen LogP contribution in [-0.4, -0.2) is 16.5 Å². The average Bonchev–Trinajstić information content (AvgIpc) is 2.42. The van der Waals surface area contributed by atoms with Gasteiger partial charge in [0, 0.05) is 0 Å². The Morgan fingerprint density at radius 3 is 0.880 bits per heavy atom. The second-order valence-electron chi connectivity index (χ2n) is 7.97. The monoisotopic (exact) mass is 360 g/mol. The molecule has 0 unspecified atom stereocenters. The summed E-state index contributed by atoms with van der Waals surface area (Å²) in [5.41, 5.74) is -0.500. The van der Waals surface area contributed by atoms with E-state index in [1.807, 2.05) is 0 Å². The van der Waals surface area contributed by atoms with Gasteiger partial charge in [0.05, 0.1) is 5.60 Å². The van der Waals surface area contributed by atoms with Crippen molar-refractivity contribution >= 4 is 5.78 Å². The van der Waals surface area contributed by atoms with Crippen LogP contribution in [0.2, 0.25) is 0 Å². The third-order valence-electron chi connectivity index (χ3n) is 3.21. The van der Waals surface area contributed by atoms with E-state index in [-0.39, 0.29) is 13.2 Å². The van der Waals surface area contributed by atoms with Gasteiger partial charge in [0.25, 0.3) is 0 Å². The standard InChI is InChI=1S/C15H32.C4H10O.C3H6O.CH4/c1-3-5-7-9-11-13-15-14-12-10-8-6-4-2;1-4(2,3)5;1-3(2)4;/h3-15H2,1-2H3;5H,1-3H3;1-2H3;1H4. The lowest BCUT2D eigenvalue weighted by molar-refractivity contribution is -0.114. The van der Waals surface area contributed by atoms with Crippen molar-refractivity contribution in [3.05, 3.63) is 0 Å². The number of unbranched alkanes of at least 4 members (excludes halogenated alkanes) is 12. The fourth-order valence-electron chi connectivity index (χ4n) is 2.09. The summed E-state index contributed by atoms with van der Waals surface area (Å²) in [7, 11) is 0. The van der Waals surface area contributed by atoms with Crippen LogP contribution in [0.4, 0.5) is 0 Å². The molecule has 0 heterocycles. The first-order valence-electron chi connectivity index (χ1n) is 10.3. The Hall–Kier alpha value is -0.370. The molecule has 0 radical (unpaired) electrons. The third-order valence-corrected chi connectivity index (χ3v) is 3.21. The Bertz CT molecular complexity index is 207.